The largest absolute Gasteiger partial charge is 0.479 e. The van der Waals surface area contributed by atoms with Crippen molar-refractivity contribution in [3.8, 4) is 22.3 Å². The van der Waals surface area contributed by atoms with Crippen LogP contribution in [0.3, 0.4) is 0 Å². The zero-order valence-electron chi connectivity index (χ0n) is 22.2. The highest BCUT2D eigenvalue weighted by molar-refractivity contribution is 6.03. The second-order valence-electron chi connectivity index (χ2n) is 10.7. The molecule has 3 N–H and O–H groups in total. The lowest BCUT2D eigenvalue weighted by Crippen LogP contribution is -2.28. The van der Waals surface area contributed by atoms with E-state index in [1.807, 2.05) is 59.7 Å². The van der Waals surface area contributed by atoms with E-state index in [1.54, 1.807) is 0 Å². The Morgan fingerprint density at radius 2 is 1.31 bits per heavy atom. The van der Waals surface area contributed by atoms with E-state index in [1.165, 1.54) is 5.56 Å². The van der Waals surface area contributed by atoms with Crippen molar-refractivity contribution in [1.29, 1.82) is 0 Å². The monoisotopic (exact) mass is 486 g/mol. The summed E-state index contributed by atoms with van der Waals surface area (Å²) in [6.45, 7) is 15.7. The van der Waals surface area contributed by atoms with Gasteiger partial charge in [0.25, 0.3) is 0 Å². The molecule has 36 heavy (non-hydrogen) atoms. The Labute approximate surface area is 211 Å². The molecule has 1 aromatic heterocycles. The van der Waals surface area contributed by atoms with E-state index in [9.17, 15) is 14.7 Å². The predicted octanol–water partition coefficient (Wildman–Crippen LogP) is 6.67. The van der Waals surface area contributed by atoms with Gasteiger partial charge in [-0.15, -0.1) is 0 Å². The number of hydrogen-bond donors (Lipinski definition) is 3. The summed E-state index contributed by atoms with van der Waals surface area (Å²) in [7, 11) is 0. The van der Waals surface area contributed by atoms with Gasteiger partial charge in [0.05, 0.1) is 16.6 Å². The van der Waals surface area contributed by atoms with Gasteiger partial charge < -0.3 is 19.8 Å². The Kier molecular flexibility index (Phi) is 6.43. The fourth-order valence-corrected chi connectivity index (χ4v) is 4.79. The summed E-state index contributed by atoms with van der Waals surface area (Å²) in [6, 6.07) is 12.3. The number of carboxylic acids is 1. The van der Waals surface area contributed by atoms with Crippen LogP contribution in [-0.4, -0.2) is 26.6 Å². The number of imidazole rings is 1. The van der Waals surface area contributed by atoms with Crippen LogP contribution in [0.25, 0.3) is 33.3 Å². The van der Waals surface area contributed by atoms with E-state index in [4.69, 9.17) is 4.74 Å². The van der Waals surface area contributed by atoms with Crippen molar-refractivity contribution in [2.75, 3.05) is 0 Å². The highest BCUT2D eigenvalue weighted by Crippen LogP contribution is 2.44. The molecule has 0 saturated heterocycles. The van der Waals surface area contributed by atoms with Crippen LogP contribution in [0.5, 0.6) is 0 Å². The van der Waals surface area contributed by atoms with E-state index in [2.05, 4.69) is 42.0 Å². The van der Waals surface area contributed by atoms with Gasteiger partial charge in [-0.3, -0.25) is 0 Å². The number of nitrogens with one attached hydrogen (secondary N) is 2. The zero-order chi connectivity index (χ0) is 26.5. The number of rotatable bonds is 5. The second-order valence-corrected chi connectivity index (χ2v) is 10.7. The fraction of sp³-hybridized carbons (Fsp3) is 0.333. The van der Waals surface area contributed by atoms with Crippen molar-refractivity contribution < 1.29 is 14.6 Å². The van der Waals surface area contributed by atoms with Gasteiger partial charge in [0.1, 0.15) is 0 Å². The molecule has 0 aliphatic carbocycles. The number of hydrogen-bond acceptors (Lipinski definition) is 3. The van der Waals surface area contributed by atoms with Crippen LogP contribution in [0.2, 0.25) is 0 Å². The summed E-state index contributed by atoms with van der Waals surface area (Å²) >= 11 is 0. The first-order valence-electron chi connectivity index (χ1n) is 12.1. The average Bonchev–Trinajstić information content (AvgIpc) is 3.15. The van der Waals surface area contributed by atoms with Crippen LogP contribution >= 0.6 is 0 Å². The molecular weight excluding hydrogens is 452 g/mol. The molecular formula is C30H34N2O4. The number of carboxylic acid groups (broad SMARTS) is 1. The number of ether oxygens (including phenoxy) is 1. The molecule has 0 radical (unpaired) electrons. The molecule has 0 aliphatic heterocycles. The molecule has 0 aliphatic rings. The molecule has 3 aromatic carbocycles. The molecule has 1 unspecified atom stereocenters. The second kappa shape index (κ2) is 9.10. The van der Waals surface area contributed by atoms with Crippen LogP contribution < -0.4 is 5.69 Å². The number of aliphatic carboxylic acids is 1. The minimum absolute atomic E-state index is 0.395. The summed E-state index contributed by atoms with van der Waals surface area (Å²) in [6.07, 6.45) is -1.29. The molecule has 6 nitrogen and oxygen atoms in total. The molecule has 1 heterocycles. The van der Waals surface area contributed by atoms with E-state index in [0.717, 1.165) is 44.5 Å². The van der Waals surface area contributed by atoms with Crippen molar-refractivity contribution >= 4 is 17.0 Å². The maximum absolute atomic E-state index is 12.7. The standard InChI is InChI=1S/C30H34N2O4/c1-15-9-11-20(13-17(15)3)22-19(5)23(21-12-10-16(2)18(4)14-21)25-26(32-29(35)31-25)24(22)27(28(33)34)36-30(6,7)8/h9-14,27H,1-8H3,(H,33,34)(H2,31,32,35). The number of H-pyrrole nitrogens is 2. The van der Waals surface area contributed by atoms with E-state index in [0.29, 0.717) is 16.6 Å². The Balaban J connectivity index is 2.21. The van der Waals surface area contributed by atoms with Crippen molar-refractivity contribution in [3.63, 3.8) is 0 Å². The number of benzene rings is 3. The smallest absolute Gasteiger partial charge is 0.337 e. The minimum Gasteiger partial charge on any atom is -0.479 e. The van der Waals surface area contributed by atoms with Crippen LogP contribution in [0, 0.1) is 34.6 Å². The van der Waals surface area contributed by atoms with Crippen LogP contribution in [-0.2, 0) is 9.53 Å². The Bertz CT molecular complexity index is 1550. The summed E-state index contributed by atoms with van der Waals surface area (Å²) in [5.41, 5.74) is 9.22. The summed E-state index contributed by atoms with van der Waals surface area (Å²) in [4.78, 5) is 31.2. The first-order valence-corrected chi connectivity index (χ1v) is 12.1. The summed E-state index contributed by atoms with van der Waals surface area (Å²) in [5, 5.41) is 10.3. The van der Waals surface area contributed by atoms with E-state index >= 15 is 0 Å². The lowest BCUT2D eigenvalue weighted by molar-refractivity contribution is -0.160. The van der Waals surface area contributed by atoms with Gasteiger partial charge in [0.2, 0.25) is 0 Å². The predicted molar refractivity (Wildman–Crippen MR) is 145 cm³/mol. The normalized spacial score (nSPS) is 12.8. The summed E-state index contributed by atoms with van der Waals surface area (Å²) < 4.78 is 6.12. The molecule has 0 bridgehead atoms. The third-order valence-electron chi connectivity index (χ3n) is 6.81. The lowest BCUT2D eigenvalue weighted by Gasteiger charge is -2.28. The first kappa shape index (κ1) is 25.5. The Hall–Kier alpha value is -3.64. The van der Waals surface area contributed by atoms with Crippen LogP contribution in [0.4, 0.5) is 0 Å². The van der Waals surface area contributed by atoms with Gasteiger partial charge in [0, 0.05) is 11.1 Å². The highest BCUT2D eigenvalue weighted by atomic mass is 16.5. The molecule has 0 saturated carbocycles. The third-order valence-corrected chi connectivity index (χ3v) is 6.81. The lowest BCUT2D eigenvalue weighted by atomic mass is 9.84. The van der Waals surface area contributed by atoms with Gasteiger partial charge in [-0.05, 0) is 99.9 Å². The molecule has 0 amide bonds. The zero-order valence-corrected chi connectivity index (χ0v) is 22.2. The number of fused-ring (bicyclic) bond motifs is 1. The average molecular weight is 487 g/mol. The molecule has 0 fully saturated rings. The SMILES string of the molecule is Cc1ccc(-c2c(C)c(-c3ccc(C)c(C)c3)c3[nH]c(=O)[nH]c3c2C(OC(C)(C)C)C(=O)O)cc1C. The van der Waals surface area contributed by atoms with Gasteiger partial charge >= 0.3 is 11.7 Å². The fourth-order valence-electron chi connectivity index (χ4n) is 4.79. The Morgan fingerprint density at radius 3 is 1.78 bits per heavy atom. The maximum atomic E-state index is 12.7. The Morgan fingerprint density at radius 1 is 0.806 bits per heavy atom. The number of aromatic nitrogens is 2. The van der Waals surface area contributed by atoms with E-state index < -0.39 is 23.4 Å². The first-order chi connectivity index (χ1) is 16.8. The van der Waals surface area contributed by atoms with Crippen molar-refractivity contribution in [2.24, 2.45) is 0 Å². The van der Waals surface area contributed by atoms with Crippen molar-refractivity contribution in [3.05, 3.63) is 80.3 Å². The minimum atomic E-state index is -1.29. The molecule has 188 valence electrons. The molecule has 1 atom stereocenters. The number of aromatic amines is 2. The number of aryl methyl sites for hydroxylation is 4. The van der Waals surface area contributed by atoms with Crippen molar-refractivity contribution in [2.45, 2.75) is 67.1 Å². The van der Waals surface area contributed by atoms with Crippen LogP contribution in [0.1, 0.15) is 60.3 Å². The molecule has 4 rings (SSSR count). The van der Waals surface area contributed by atoms with Crippen LogP contribution in [0.15, 0.2) is 41.2 Å². The topological polar surface area (TPSA) is 95.2 Å². The van der Waals surface area contributed by atoms with Gasteiger partial charge in [-0.25, -0.2) is 9.59 Å². The highest BCUT2D eigenvalue weighted by Gasteiger charge is 2.34. The summed E-state index contributed by atoms with van der Waals surface area (Å²) in [5.74, 6) is -1.11. The quantitative estimate of drug-likeness (QED) is 0.293. The van der Waals surface area contributed by atoms with Gasteiger partial charge in [-0.1, -0.05) is 36.4 Å². The van der Waals surface area contributed by atoms with E-state index in [-0.39, 0.29) is 0 Å². The molecule has 4 aromatic rings. The van der Waals surface area contributed by atoms with Crippen molar-refractivity contribution in [1.82, 2.24) is 9.97 Å². The van der Waals surface area contributed by atoms with Gasteiger partial charge in [0.15, 0.2) is 6.10 Å². The maximum Gasteiger partial charge on any atom is 0.337 e. The van der Waals surface area contributed by atoms with Gasteiger partial charge in [-0.2, -0.15) is 0 Å². The number of carbonyl (C=O) groups is 1. The third kappa shape index (κ3) is 4.61. The molecule has 0 spiro atoms. The molecule has 6 heteroatoms.